The molecule has 0 aliphatic rings. The number of nitrogens with one attached hydrogen (secondary N) is 1. The number of benzene rings is 1. The fraction of sp³-hybridized carbons (Fsp3) is 0.667. The first-order chi connectivity index (χ1) is 10.0. The predicted octanol–water partition coefficient (Wildman–Crippen LogP) is 3.54. The maximum absolute atomic E-state index is 5.44. The topological polar surface area (TPSA) is 24.5 Å². The van der Waals surface area contributed by atoms with E-state index in [1.54, 1.807) is 7.11 Å². The number of ether oxygens (including phenoxy) is 1. The van der Waals surface area contributed by atoms with Gasteiger partial charge in [-0.2, -0.15) is 0 Å². The normalized spacial score (nSPS) is 14.2. The van der Waals surface area contributed by atoms with Gasteiger partial charge in [-0.1, -0.05) is 39.0 Å². The third kappa shape index (κ3) is 6.06. The van der Waals surface area contributed by atoms with Crippen molar-refractivity contribution >= 4 is 0 Å². The molecule has 0 fully saturated rings. The number of methoxy groups -OCH3 is 1. The summed E-state index contributed by atoms with van der Waals surface area (Å²) in [5, 5.41) is 3.57. The van der Waals surface area contributed by atoms with E-state index in [-0.39, 0.29) is 0 Å². The molecule has 0 aliphatic carbocycles. The largest absolute Gasteiger partial charge is 0.496 e. The second kappa shape index (κ2) is 9.06. The highest BCUT2D eigenvalue weighted by Crippen LogP contribution is 2.24. The molecule has 3 heteroatoms. The van der Waals surface area contributed by atoms with E-state index in [0.29, 0.717) is 5.41 Å². The number of nitrogens with zero attached hydrogens (tertiary/aromatic N) is 1. The number of rotatable bonds is 10. The van der Waals surface area contributed by atoms with Crippen LogP contribution in [0.25, 0.3) is 0 Å². The van der Waals surface area contributed by atoms with Crippen LogP contribution in [0.4, 0.5) is 0 Å². The molecule has 1 rings (SSSR count). The fourth-order valence-electron chi connectivity index (χ4n) is 2.69. The van der Waals surface area contributed by atoms with Gasteiger partial charge in [0.05, 0.1) is 7.11 Å². The van der Waals surface area contributed by atoms with Gasteiger partial charge in [-0.15, -0.1) is 0 Å². The summed E-state index contributed by atoms with van der Waals surface area (Å²) in [6, 6.07) is 8.28. The molecular formula is C18H32N2O. The standard InChI is InChI=1S/C18H32N2O/c1-6-12-19-14-18(3,7-2)15-20(4)13-16-10-8-9-11-17(16)21-5/h8-11,19H,6-7,12-15H2,1-5H3. The molecule has 1 unspecified atom stereocenters. The number of para-hydroxylation sites is 1. The Morgan fingerprint density at radius 2 is 1.95 bits per heavy atom. The van der Waals surface area contributed by atoms with Crippen LogP contribution in [0, 0.1) is 5.41 Å². The molecule has 0 aromatic heterocycles. The minimum atomic E-state index is 0.311. The van der Waals surface area contributed by atoms with Crippen LogP contribution < -0.4 is 10.1 Å². The lowest BCUT2D eigenvalue weighted by atomic mass is 9.86. The Morgan fingerprint density at radius 1 is 1.24 bits per heavy atom. The maximum atomic E-state index is 5.44. The highest BCUT2D eigenvalue weighted by molar-refractivity contribution is 5.33. The minimum Gasteiger partial charge on any atom is -0.496 e. The lowest BCUT2D eigenvalue weighted by Crippen LogP contribution is -2.40. The Balaban J connectivity index is 2.59. The minimum absolute atomic E-state index is 0.311. The van der Waals surface area contributed by atoms with Gasteiger partial charge in [-0.05, 0) is 37.9 Å². The average Bonchev–Trinajstić information content (AvgIpc) is 2.48. The zero-order chi connectivity index (χ0) is 15.7. The molecule has 0 heterocycles. The first-order valence-corrected chi connectivity index (χ1v) is 8.05. The summed E-state index contributed by atoms with van der Waals surface area (Å²) >= 11 is 0. The van der Waals surface area contributed by atoms with Gasteiger partial charge in [0.2, 0.25) is 0 Å². The molecule has 21 heavy (non-hydrogen) atoms. The predicted molar refractivity (Wildman–Crippen MR) is 90.9 cm³/mol. The Kier molecular flexibility index (Phi) is 7.76. The van der Waals surface area contributed by atoms with Crippen molar-refractivity contribution in [2.75, 3.05) is 33.8 Å². The zero-order valence-electron chi connectivity index (χ0n) is 14.4. The average molecular weight is 292 g/mol. The molecule has 0 aliphatic heterocycles. The van der Waals surface area contributed by atoms with E-state index in [1.165, 1.54) is 18.4 Å². The molecule has 0 spiro atoms. The first kappa shape index (κ1) is 18.0. The molecular weight excluding hydrogens is 260 g/mol. The molecule has 1 aromatic rings. The van der Waals surface area contributed by atoms with Crippen LogP contribution >= 0.6 is 0 Å². The molecule has 0 saturated heterocycles. The molecule has 0 amide bonds. The second-order valence-electron chi connectivity index (χ2n) is 6.33. The summed E-state index contributed by atoms with van der Waals surface area (Å²) in [5.41, 5.74) is 1.56. The van der Waals surface area contributed by atoms with E-state index >= 15 is 0 Å². The van der Waals surface area contributed by atoms with E-state index in [2.05, 4.69) is 50.2 Å². The highest BCUT2D eigenvalue weighted by Gasteiger charge is 2.23. The van der Waals surface area contributed by atoms with E-state index < -0.39 is 0 Å². The summed E-state index contributed by atoms with van der Waals surface area (Å²) in [7, 11) is 3.93. The molecule has 3 nitrogen and oxygen atoms in total. The van der Waals surface area contributed by atoms with Crippen LogP contribution in [0.3, 0.4) is 0 Å². The van der Waals surface area contributed by atoms with Gasteiger partial charge in [0.15, 0.2) is 0 Å². The van der Waals surface area contributed by atoms with Crippen molar-refractivity contribution in [1.82, 2.24) is 10.2 Å². The summed E-state index contributed by atoms with van der Waals surface area (Å²) in [4.78, 5) is 2.40. The van der Waals surface area contributed by atoms with Crippen molar-refractivity contribution in [3.8, 4) is 5.75 Å². The van der Waals surface area contributed by atoms with Gasteiger partial charge in [0.25, 0.3) is 0 Å². The Labute approximate surface area is 130 Å². The number of hydrogen-bond acceptors (Lipinski definition) is 3. The van der Waals surface area contributed by atoms with Crippen molar-refractivity contribution in [3.05, 3.63) is 29.8 Å². The van der Waals surface area contributed by atoms with Gasteiger partial charge >= 0.3 is 0 Å². The SMILES string of the molecule is CCCNCC(C)(CC)CN(C)Cc1ccccc1OC. The van der Waals surface area contributed by atoms with Crippen LogP contribution in [0.15, 0.2) is 24.3 Å². The Bertz CT molecular complexity index is 408. The molecule has 120 valence electrons. The third-order valence-electron chi connectivity index (χ3n) is 4.12. The van der Waals surface area contributed by atoms with Gasteiger partial charge in [0.1, 0.15) is 5.75 Å². The van der Waals surface area contributed by atoms with Crippen LogP contribution in [0.2, 0.25) is 0 Å². The monoisotopic (exact) mass is 292 g/mol. The summed E-state index contributed by atoms with van der Waals surface area (Å²) in [6.07, 6.45) is 2.37. The van der Waals surface area contributed by atoms with Crippen molar-refractivity contribution in [3.63, 3.8) is 0 Å². The molecule has 1 aromatic carbocycles. The molecule has 1 atom stereocenters. The van der Waals surface area contributed by atoms with Gasteiger partial charge in [0, 0.05) is 25.2 Å². The summed E-state index contributed by atoms with van der Waals surface area (Å²) in [5.74, 6) is 0.978. The quantitative estimate of drug-likeness (QED) is 0.668. The lowest BCUT2D eigenvalue weighted by molar-refractivity contribution is 0.174. The Morgan fingerprint density at radius 3 is 2.57 bits per heavy atom. The zero-order valence-corrected chi connectivity index (χ0v) is 14.4. The van der Waals surface area contributed by atoms with Gasteiger partial charge < -0.3 is 15.0 Å². The van der Waals surface area contributed by atoms with Gasteiger partial charge in [-0.25, -0.2) is 0 Å². The molecule has 0 radical (unpaired) electrons. The van der Waals surface area contributed by atoms with Crippen molar-refractivity contribution in [2.45, 2.75) is 40.2 Å². The van der Waals surface area contributed by atoms with Crippen molar-refractivity contribution in [1.29, 1.82) is 0 Å². The van der Waals surface area contributed by atoms with Gasteiger partial charge in [-0.3, -0.25) is 0 Å². The van der Waals surface area contributed by atoms with E-state index in [0.717, 1.165) is 31.9 Å². The third-order valence-corrected chi connectivity index (χ3v) is 4.12. The summed E-state index contributed by atoms with van der Waals surface area (Å²) < 4.78 is 5.44. The smallest absolute Gasteiger partial charge is 0.123 e. The van der Waals surface area contributed by atoms with Crippen LogP contribution in [0.1, 0.15) is 39.2 Å². The highest BCUT2D eigenvalue weighted by atomic mass is 16.5. The molecule has 1 N–H and O–H groups in total. The van der Waals surface area contributed by atoms with E-state index in [1.807, 2.05) is 12.1 Å². The summed E-state index contributed by atoms with van der Waals surface area (Å²) in [6.45, 7) is 11.0. The maximum Gasteiger partial charge on any atom is 0.123 e. The second-order valence-corrected chi connectivity index (χ2v) is 6.33. The first-order valence-electron chi connectivity index (χ1n) is 8.05. The van der Waals surface area contributed by atoms with Crippen LogP contribution in [0.5, 0.6) is 5.75 Å². The van der Waals surface area contributed by atoms with E-state index in [9.17, 15) is 0 Å². The number of hydrogen-bond donors (Lipinski definition) is 1. The van der Waals surface area contributed by atoms with Crippen LogP contribution in [-0.4, -0.2) is 38.7 Å². The molecule has 0 bridgehead atoms. The lowest BCUT2D eigenvalue weighted by Gasteiger charge is -2.33. The van der Waals surface area contributed by atoms with Crippen molar-refractivity contribution < 1.29 is 4.74 Å². The fourth-order valence-corrected chi connectivity index (χ4v) is 2.69. The Hall–Kier alpha value is -1.06. The molecule has 0 saturated carbocycles. The van der Waals surface area contributed by atoms with Crippen molar-refractivity contribution in [2.24, 2.45) is 5.41 Å². The van der Waals surface area contributed by atoms with E-state index in [4.69, 9.17) is 4.74 Å². The van der Waals surface area contributed by atoms with Crippen LogP contribution in [-0.2, 0) is 6.54 Å².